The number of rotatable bonds is 2. The summed E-state index contributed by atoms with van der Waals surface area (Å²) in [7, 11) is 0. The zero-order valence-electron chi connectivity index (χ0n) is 12.8. The quantitative estimate of drug-likeness (QED) is 0.868. The second-order valence-electron chi connectivity index (χ2n) is 5.79. The number of nitrogens with zero attached hydrogens (tertiary/aromatic N) is 2. The third-order valence-electron chi connectivity index (χ3n) is 4.26. The molecule has 0 saturated carbocycles. The minimum atomic E-state index is -1.40. The molecule has 1 aromatic carbocycles. The van der Waals surface area contributed by atoms with Crippen molar-refractivity contribution in [3.63, 3.8) is 0 Å². The summed E-state index contributed by atoms with van der Waals surface area (Å²) in [4.78, 5) is 44.3. The van der Waals surface area contributed by atoms with Crippen molar-refractivity contribution in [2.45, 2.75) is 25.4 Å². The topological polar surface area (TPSA) is 91.4 Å². The molecule has 0 bridgehead atoms. The second-order valence-corrected chi connectivity index (χ2v) is 7.03. The van der Waals surface area contributed by atoms with Crippen LogP contribution in [0.25, 0.3) is 0 Å². The number of thiazole rings is 1. The molecule has 8 heteroatoms. The highest BCUT2D eigenvalue weighted by Crippen LogP contribution is 2.39. The lowest BCUT2D eigenvalue weighted by molar-refractivity contribution is -0.124. The fourth-order valence-corrected chi connectivity index (χ4v) is 3.84. The van der Waals surface area contributed by atoms with E-state index in [1.54, 1.807) is 30.5 Å². The Labute approximate surface area is 141 Å². The molecule has 3 amide bonds. The van der Waals surface area contributed by atoms with Crippen LogP contribution < -0.4 is 15.5 Å². The van der Waals surface area contributed by atoms with E-state index in [1.165, 1.54) is 16.2 Å². The fourth-order valence-electron chi connectivity index (χ4n) is 3.18. The average Bonchev–Trinajstić information content (AvgIpc) is 3.12. The number of nitrogens with one attached hydrogen (secondary N) is 2. The van der Waals surface area contributed by atoms with Crippen LogP contribution in [-0.2, 0) is 9.59 Å². The normalized spacial score (nSPS) is 22.0. The SMILES string of the molecule is Cc1cnc(NC(=O)[C@@]23CCC(=O)N2c2ccccc2C(=O)N3)s1. The molecule has 3 heterocycles. The predicted octanol–water partition coefficient (Wildman–Crippen LogP) is 1.66. The molecule has 0 spiro atoms. The fraction of sp³-hybridized carbons (Fsp3) is 0.250. The molecule has 1 saturated heterocycles. The van der Waals surface area contributed by atoms with Gasteiger partial charge >= 0.3 is 0 Å². The van der Waals surface area contributed by atoms with E-state index in [9.17, 15) is 14.4 Å². The number of benzene rings is 1. The standard InChI is InChI=1S/C16H14N4O3S/c1-9-8-17-15(24-9)18-14(23)16-7-6-12(21)20(16)11-5-3-2-4-10(11)13(22)19-16/h2-5,8H,6-7H2,1H3,(H,19,22)(H,17,18,23)/t16-/m1/s1. The number of aryl methyl sites for hydroxylation is 1. The van der Waals surface area contributed by atoms with Crippen molar-refractivity contribution < 1.29 is 14.4 Å². The van der Waals surface area contributed by atoms with E-state index >= 15 is 0 Å². The van der Waals surface area contributed by atoms with Gasteiger partial charge in [-0.3, -0.25) is 24.6 Å². The third-order valence-corrected chi connectivity index (χ3v) is 5.09. The molecule has 2 aliphatic heterocycles. The number of fused-ring (bicyclic) bond motifs is 3. The van der Waals surface area contributed by atoms with Crippen molar-refractivity contribution in [2.75, 3.05) is 10.2 Å². The first-order valence-corrected chi connectivity index (χ1v) is 8.31. The summed E-state index contributed by atoms with van der Waals surface area (Å²) < 4.78 is 0. The maximum absolute atomic E-state index is 12.9. The Kier molecular flexibility index (Phi) is 3.17. The van der Waals surface area contributed by atoms with Gasteiger partial charge < -0.3 is 5.32 Å². The number of amides is 3. The van der Waals surface area contributed by atoms with Crippen LogP contribution in [0, 0.1) is 6.92 Å². The Hall–Kier alpha value is -2.74. The molecule has 0 radical (unpaired) electrons. The van der Waals surface area contributed by atoms with Gasteiger partial charge in [-0.15, -0.1) is 11.3 Å². The molecule has 2 aromatic rings. The summed E-state index contributed by atoms with van der Waals surface area (Å²) in [6.07, 6.45) is 2.07. The van der Waals surface area contributed by atoms with Crippen molar-refractivity contribution in [1.82, 2.24) is 10.3 Å². The molecule has 0 aliphatic carbocycles. The zero-order chi connectivity index (χ0) is 16.9. The van der Waals surface area contributed by atoms with E-state index in [0.29, 0.717) is 16.4 Å². The third kappa shape index (κ3) is 2.03. The van der Waals surface area contributed by atoms with Gasteiger partial charge in [0, 0.05) is 23.9 Å². The Balaban J connectivity index is 1.77. The monoisotopic (exact) mass is 342 g/mol. The molecule has 4 rings (SSSR count). The van der Waals surface area contributed by atoms with Crippen LogP contribution in [0.15, 0.2) is 30.5 Å². The Morgan fingerprint density at radius 1 is 1.38 bits per heavy atom. The van der Waals surface area contributed by atoms with E-state index in [2.05, 4.69) is 15.6 Å². The van der Waals surface area contributed by atoms with Gasteiger partial charge in [0.2, 0.25) is 11.6 Å². The van der Waals surface area contributed by atoms with Gasteiger partial charge in [0.25, 0.3) is 11.8 Å². The van der Waals surface area contributed by atoms with E-state index in [1.807, 2.05) is 6.92 Å². The van der Waals surface area contributed by atoms with Crippen LogP contribution in [0.4, 0.5) is 10.8 Å². The van der Waals surface area contributed by atoms with Crippen molar-refractivity contribution >= 4 is 39.9 Å². The molecule has 2 N–H and O–H groups in total. The molecule has 0 unspecified atom stereocenters. The molecule has 7 nitrogen and oxygen atoms in total. The summed E-state index contributed by atoms with van der Waals surface area (Å²) in [6.45, 7) is 1.88. The van der Waals surface area contributed by atoms with Crippen molar-refractivity contribution in [1.29, 1.82) is 0 Å². The first-order valence-electron chi connectivity index (χ1n) is 7.50. The smallest absolute Gasteiger partial charge is 0.273 e. The van der Waals surface area contributed by atoms with Gasteiger partial charge in [0.05, 0.1) is 11.3 Å². The van der Waals surface area contributed by atoms with Crippen LogP contribution in [0.3, 0.4) is 0 Å². The van der Waals surface area contributed by atoms with Crippen LogP contribution in [-0.4, -0.2) is 28.4 Å². The number of hydrogen-bond donors (Lipinski definition) is 2. The molecule has 2 aliphatic rings. The minimum Gasteiger partial charge on any atom is -0.321 e. The van der Waals surface area contributed by atoms with Gasteiger partial charge in [-0.2, -0.15) is 0 Å². The summed E-state index contributed by atoms with van der Waals surface area (Å²) in [5, 5.41) is 5.91. The van der Waals surface area contributed by atoms with Crippen LogP contribution in [0.1, 0.15) is 28.1 Å². The van der Waals surface area contributed by atoms with Gasteiger partial charge in [0.1, 0.15) is 0 Å². The maximum atomic E-state index is 12.9. The van der Waals surface area contributed by atoms with E-state index in [-0.39, 0.29) is 24.7 Å². The first-order chi connectivity index (χ1) is 11.5. The Morgan fingerprint density at radius 2 is 2.17 bits per heavy atom. The number of aromatic nitrogens is 1. The minimum absolute atomic E-state index is 0.187. The maximum Gasteiger partial charge on any atom is 0.273 e. The lowest BCUT2D eigenvalue weighted by Crippen LogP contribution is -2.68. The molecular weight excluding hydrogens is 328 g/mol. The largest absolute Gasteiger partial charge is 0.321 e. The summed E-state index contributed by atoms with van der Waals surface area (Å²) in [6, 6.07) is 6.80. The number of carbonyl (C=O) groups excluding carboxylic acids is 3. The number of carbonyl (C=O) groups is 3. The number of anilines is 2. The van der Waals surface area contributed by atoms with Crippen LogP contribution >= 0.6 is 11.3 Å². The van der Waals surface area contributed by atoms with E-state index < -0.39 is 11.6 Å². The summed E-state index contributed by atoms with van der Waals surface area (Å²) in [5.41, 5.74) is -0.544. The predicted molar refractivity (Wildman–Crippen MR) is 88.8 cm³/mol. The van der Waals surface area contributed by atoms with Crippen LogP contribution in [0.5, 0.6) is 0 Å². The summed E-state index contributed by atoms with van der Waals surface area (Å²) >= 11 is 1.34. The second kappa shape index (κ2) is 5.13. The molecule has 24 heavy (non-hydrogen) atoms. The van der Waals surface area contributed by atoms with Crippen LogP contribution in [0.2, 0.25) is 0 Å². The highest BCUT2D eigenvalue weighted by atomic mass is 32.1. The van der Waals surface area contributed by atoms with Crippen molar-refractivity contribution in [3.05, 3.63) is 40.9 Å². The molecular formula is C16H14N4O3S. The van der Waals surface area contributed by atoms with Gasteiger partial charge in [-0.25, -0.2) is 4.98 Å². The molecule has 1 aromatic heterocycles. The lowest BCUT2D eigenvalue weighted by atomic mass is 9.99. The van der Waals surface area contributed by atoms with Gasteiger partial charge in [0.15, 0.2) is 5.13 Å². The molecule has 1 fully saturated rings. The number of hydrogen-bond acceptors (Lipinski definition) is 5. The molecule has 122 valence electrons. The Bertz CT molecular complexity index is 878. The lowest BCUT2D eigenvalue weighted by Gasteiger charge is -2.41. The van der Waals surface area contributed by atoms with Crippen molar-refractivity contribution in [3.8, 4) is 0 Å². The van der Waals surface area contributed by atoms with Gasteiger partial charge in [-0.1, -0.05) is 12.1 Å². The zero-order valence-corrected chi connectivity index (χ0v) is 13.6. The van der Waals surface area contributed by atoms with E-state index in [4.69, 9.17) is 0 Å². The van der Waals surface area contributed by atoms with Crippen molar-refractivity contribution in [2.24, 2.45) is 0 Å². The molecule has 1 atom stereocenters. The van der Waals surface area contributed by atoms with E-state index in [0.717, 1.165) is 4.88 Å². The highest BCUT2D eigenvalue weighted by Gasteiger charge is 2.56. The highest BCUT2D eigenvalue weighted by molar-refractivity contribution is 7.15. The van der Waals surface area contributed by atoms with Gasteiger partial charge in [-0.05, 0) is 19.1 Å². The average molecular weight is 342 g/mol. The number of para-hydroxylation sites is 1. The Morgan fingerprint density at radius 3 is 2.92 bits per heavy atom. The summed E-state index contributed by atoms with van der Waals surface area (Å²) in [5.74, 6) is -1.000. The first kappa shape index (κ1) is 14.8.